The van der Waals surface area contributed by atoms with Gasteiger partial charge in [-0.2, -0.15) is 0 Å². The summed E-state index contributed by atoms with van der Waals surface area (Å²) in [5, 5.41) is 10.6. The maximum atomic E-state index is 14.0. The van der Waals surface area contributed by atoms with Gasteiger partial charge in [0.2, 0.25) is 5.91 Å². The Morgan fingerprint density at radius 1 is 1.28 bits per heavy atom. The number of rotatable bonds is 10. The number of aromatic nitrogens is 1. The van der Waals surface area contributed by atoms with Crippen LogP contribution in [0.15, 0.2) is 53.9 Å². The minimum atomic E-state index is -1.04. The predicted octanol–water partition coefficient (Wildman–Crippen LogP) is 5.26. The molecule has 0 saturated carbocycles. The predicted molar refractivity (Wildman–Crippen MR) is 146 cm³/mol. The van der Waals surface area contributed by atoms with E-state index in [1.165, 1.54) is 0 Å². The maximum absolute atomic E-state index is 14.0. The molecule has 1 saturated heterocycles. The van der Waals surface area contributed by atoms with Gasteiger partial charge < -0.3 is 19.5 Å². The topological polar surface area (TPSA) is 89.0 Å². The van der Waals surface area contributed by atoms with Crippen molar-refractivity contribution < 1.29 is 24.2 Å². The van der Waals surface area contributed by atoms with Gasteiger partial charge in [0, 0.05) is 28.8 Å². The van der Waals surface area contributed by atoms with E-state index in [0.29, 0.717) is 42.6 Å². The smallest absolute Gasteiger partial charge is 0.333 e. The largest absolute Gasteiger partial charge is 0.494 e. The summed E-state index contributed by atoms with van der Waals surface area (Å²) in [6.07, 6.45) is 4.63. The van der Waals surface area contributed by atoms with Crippen LogP contribution in [0.25, 0.3) is 0 Å². The molecule has 1 N–H and O–H groups in total. The molecule has 0 bridgehead atoms. The van der Waals surface area contributed by atoms with Crippen molar-refractivity contribution in [1.82, 2.24) is 9.88 Å². The number of alkyl halides is 1. The molecule has 1 aromatic heterocycles. The summed E-state index contributed by atoms with van der Waals surface area (Å²) in [4.78, 5) is 32.3. The molecule has 7 nitrogen and oxygen atoms in total. The number of ether oxygens (including phenoxy) is 2. The number of allylic oxidation sites excluding steroid dienone is 1. The average Bonchev–Trinajstić information content (AvgIpc) is 3.38. The number of hydrogen-bond acceptors (Lipinski definition) is 5. The Labute approximate surface area is 230 Å². The van der Waals surface area contributed by atoms with E-state index in [9.17, 15) is 14.7 Å². The molecular formula is C27H30ClIN2O5. The van der Waals surface area contributed by atoms with Crippen LogP contribution in [0.5, 0.6) is 5.75 Å². The van der Waals surface area contributed by atoms with Crippen LogP contribution in [0.1, 0.15) is 43.2 Å². The molecule has 9 heteroatoms. The molecule has 4 rings (SSSR count). The first-order chi connectivity index (χ1) is 17.4. The summed E-state index contributed by atoms with van der Waals surface area (Å²) in [5.74, 6) is -1.63. The fourth-order valence-corrected chi connectivity index (χ4v) is 5.41. The van der Waals surface area contributed by atoms with Crippen molar-refractivity contribution in [3.8, 4) is 5.75 Å². The van der Waals surface area contributed by atoms with Crippen LogP contribution in [0.2, 0.25) is 5.15 Å². The summed E-state index contributed by atoms with van der Waals surface area (Å²) in [7, 11) is 0. The van der Waals surface area contributed by atoms with Gasteiger partial charge in [0.25, 0.3) is 0 Å². The van der Waals surface area contributed by atoms with E-state index < -0.39 is 17.8 Å². The van der Waals surface area contributed by atoms with Crippen LogP contribution >= 0.6 is 34.2 Å². The fourth-order valence-electron chi connectivity index (χ4n) is 4.98. The van der Waals surface area contributed by atoms with E-state index in [-0.39, 0.29) is 17.6 Å². The quantitative estimate of drug-likeness (QED) is 0.168. The number of pyridine rings is 1. The minimum absolute atomic E-state index is 0.0904. The van der Waals surface area contributed by atoms with Gasteiger partial charge >= 0.3 is 5.97 Å². The third kappa shape index (κ3) is 6.20. The van der Waals surface area contributed by atoms with Crippen molar-refractivity contribution in [3.05, 3.63) is 70.1 Å². The van der Waals surface area contributed by atoms with E-state index in [1.54, 1.807) is 30.2 Å². The lowest BCUT2D eigenvalue weighted by Gasteiger charge is -2.40. The second-order valence-electron chi connectivity index (χ2n) is 9.13. The fraction of sp³-hybridized carbons (Fsp3) is 0.444. The van der Waals surface area contributed by atoms with Crippen LogP contribution < -0.4 is 4.74 Å². The Hall–Kier alpha value is -2.17. The van der Waals surface area contributed by atoms with Gasteiger partial charge in [0.05, 0.1) is 30.7 Å². The average molecular weight is 625 g/mol. The monoisotopic (exact) mass is 624 g/mol. The highest BCUT2D eigenvalue weighted by atomic mass is 127. The molecule has 36 heavy (non-hydrogen) atoms. The number of hydrogen-bond donors (Lipinski definition) is 1. The molecule has 2 aliphatic heterocycles. The lowest BCUT2D eigenvalue weighted by Crippen LogP contribution is -2.47. The highest BCUT2D eigenvalue weighted by Gasteiger charge is 2.44. The Balaban J connectivity index is 1.69. The van der Waals surface area contributed by atoms with Crippen LogP contribution in [-0.4, -0.2) is 57.2 Å². The van der Waals surface area contributed by atoms with Gasteiger partial charge in [-0.1, -0.05) is 52.4 Å². The number of carbonyl (C=O) groups excluding carboxylic acids is 1. The van der Waals surface area contributed by atoms with Gasteiger partial charge in [-0.15, -0.1) is 0 Å². The molecule has 1 fully saturated rings. The normalized spacial score (nSPS) is 22.2. The number of carbonyl (C=O) groups is 2. The zero-order valence-corrected chi connectivity index (χ0v) is 23.1. The highest BCUT2D eigenvalue weighted by Crippen LogP contribution is 2.42. The Morgan fingerprint density at radius 2 is 2.06 bits per heavy atom. The first kappa shape index (κ1) is 26.9. The Bertz CT molecular complexity index is 1100. The van der Waals surface area contributed by atoms with E-state index in [4.69, 9.17) is 21.1 Å². The second kappa shape index (κ2) is 12.4. The molecule has 3 atom stereocenters. The van der Waals surface area contributed by atoms with Crippen molar-refractivity contribution in [3.63, 3.8) is 0 Å². The van der Waals surface area contributed by atoms with E-state index >= 15 is 0 Å². The van der Waals surface area contributed by atoms with Crippen LogP contribution in [0.3, 0.4) is 0 Å². The summed E-state index contributed by atoms with van der Waals surface area (Å²) >= 11 is 8.33. The molecular weight excluding hydrogens is 595 g/mol. The number of carboxylic acids is 1. The van der Waals surface area contributed by atoms with E-state index in [0.717, 1.165) is 35.0 Å². The molecule has 1 amide bonds. The number of nitrogens with zero attached hydrogens (tertiary/aromatic N) is 2. The van der Waals surface area contributed by atoms with E-state index in [2.05, 4.69) is 27.6 Å². The molecule has 0 spiro atoms. The van der Waals surface area contributed by atoms with Crippen molar-refractivity contribution in [1.29, 1.82) is 0 Å². The molecule has 0 aliphatic carbocycles. The Kier molecular flexibility index (Phi) is 9.25. The van der Waals surface area contributed by atoms with Gasteiger partial charge in [-0.3, -0.25) is 4.79 Å². The lowest BCUT2D eigenvalue weighted by molar-refractivity contribution is -0.139. The third-order valence-electron chi connectivity index (χ3n) is 6.77. The number of halogens is 2. The standard InChI is InChI=1S/C27H30ClIN2O5/c1-17-24(27(33)34)25(19-7-10-23(28)30-15-19)22(26(32)31(17)16-21-4-2-12-36-21)14-18-5-8-20(9-6-18)35-13-3-11-29/h5-10,15,21-22,25H,2-4,11-14,16H2,1H3,(H,33,34)/t21-,22?,25-/m1/s1. The van der Waals surface area contributed by atoms with Gasteiger partial charge in [0.1, 0.15) is 10.9 Å². The zero-order valence-electron chi connectivity index (χ0n) is 20.2. The summed E-state index contributed by atoms with van der Waals surface area (Å²) in [6.45, 7) is 3.38. The van der Waals surface area contributed by atoms with Gasteiger partial charge in [-0.25, -0.2) is 9.78 Å². The van der Waals surface area contributed by atoms with Crippen molar-refractivity contribution in [2.24, 2.45) is 5.92 Å². The SMILES string of the molecule is CC1=C(C(=O)O)[C@H](c2ccc(Cl)nc2)C(Cc2ccc(OCCCI)cc2)C(=O)N1C[C@H]1CCCO1. The number of aliphatic carboxylic acids is 1. The molecule has 0 radical (unpaired) electrons. The number of benzene rings is 1. The van der Waals surface area contributed by atoms with Crippen LogP contribution in [0.4, 0.5) is 0 Å². The lowest BCUT2D eigenvalue weighted by atomic mass is 9.74. The van der Waals surface area contributed by atoms with Gasteiger partial charge in [-0.05, 0) is 61.9 Å². The first-order valence-corrected chi connectivity index (χ1v) is 14.1. The number of amides is 1. The first-order valence-electron chi connectivity index (χ1n) is 12.1. The molecule has 1 aromatic carbocycles. The Morgan fingerprint density at radius 3 is 2.67 bits per heavy atom. The van der Waals surface area contributed by atoms with Crippen LogP contribution in [-0.2, 0) is 20.7 Å². The highest BCUT2D eigenvalue weighted by molar-refractivity contribution is 14.1. The van der Waals surface area contributed by atoms with Crippen molar-refractivity contribution in [2.75, 3.05) is 24.2 Å². The third-order valence-corrected chi connectivity index (χ3v) is 7.75. The number of carboxylic acid groups (broad SMARTS) is 1. The molecule has 2 aliphatic rings. The van der Waals surface area contributed by atoms with Crippen LogP contribution in [0, 0.1) is 5.92 Å². The molecule has 2 aromatic rings. The summed E-state index contributed by atoms with van der Waals surface area (Å²) < 4.78 is 12.6. The van der Waals surface area contributed by atoms with E-state index in [1.807, 2.05) is 24.3 Å². The molecule has 192 valence electrons. The minimum Gasteiger partial charge on any atom is -0.494 e. The summed E-state index contributed by atoms with van der Waals surface area (Å²) in [5.41, 5.74) is 2.26. The second-order valence-corrected chi connectivity index (χ2v) is 10.6. The molecule has 3 heterocycles. The van der Waals surface area contributed by atoms with Crippen molar-refractivity contribution in [2.45, 2.75) is 44.6 Å². The van der Waals surface area contributed by atoms with Gasteiger partial charge in [0.15, 0.2) is 0 Å². The molecule has 1 unspecified atom stereocenters. The van der Waals surface area contributed by atoms with Crippen molar-refractivity contribution >= 4 is 46.1 Å². The summed E-state index contributed by atoms with van der Waals surface area (Å²) in [6, 6.07) is 11.1. The zero-order chi connectivity index (χ0) is 25.7. The maximum Gasteiger partial charge on any atom is 0.333 e.